The largest absolute Gasteiger partial charge is 0.324 e. The fourth-order valence-corrected chi connectivity index (χ4v) is 2.06. The van der Waals surface area contributed by atoms with Gasteiger partial charge in [0.1, 0.15) is 11.9 Å². The van der Waals surface area contributed by atoms with Crippen LogP contribution in [0.3, 0.4) is 0 Å². The van der Waals surface area contributed by atoms with Gasteiger partial charge < -0.3 is 10.6 Å². The topological polar surface area (TPSA) is 90.7 Å². The van der Waals surface area contributed by atoms with E-state index in [0.29, 0.717) is 16.9 Å². The number of aromatic nitrogens is 2. The van der Waals surface area contributed by atoms with Gasteiger partial charge >= 0.3 is 0 Å². The van der Waals surface area contributed by atoms with E-state index in [-0.39, 0.29) is 17.3 Å². The van der Waals surface area contributed by atoms with E-state index >= 15 is 0 Å². The number of halogens is 1. The highest BCUT2D eigenvalue weighted by Gasteiger charge is 2.10. The molecule has 0 saturated heterocycles. The smallest absolute Gasteiger partial charge is 0.258 e. The van der Waals surface area contributed by atoms with Crippen molar-refractivity contribution in [1.82, 2.24) is 9.97 Å². The fraction of sp³-hybridized carbons (Fsp3) is 0. The normalized spacial score (nSPS) is 9.92. The molecule has 3 aromatic rings. The standard InChI is InChI=1S/C18H12FN5O/c19-14-5-7-15(8-6-14)23-18-21-10-13(11-22-18)17(25)24-16-4-2-1-3-12(16)9-20/h1-8,10-11H,(H,24,25)(H,21,22,23). The van der Waals surface area contributed by atoms with Gasteiger partial charge in [0.25, 0.3) is 5.91 Å². The molecule has 1 heterocycles. The summed E-state index contributed by atoms with van der Waals surface area (Å²) in [6.45, 7) is 0. The van der Waals surface area contributed by atoms with Crippen molar-refractivity contribution >= 4 is 23.2 Å². The van der Waals surface area contributed by atoms with Crippen LogP contribution in [-0.2, 0) is 0 Å². The molecule has 0 aliphatic rings. The number of nitriles is 1. The third-order valence-corrected chi connectivity index (χ3v) is 3.31. The molecular weight excluding hydrogens is 321 g/mol. The number of hydrogen-bond donors (Lipinski definition) is 2. The van der Waals surface area contributed by atoms with Gasteiger partial charge in [-0.15, -0.1) is 0 Å². The predicted octanol–water partition coefficient (Wildman–Crippen LogP) is 3.48. The SMILES string of the molecule is N#Cc1ccccc1NC(=O)c1cnc(Nc2ccc(F)cc2)nc1. The second-order valence-electron chi connectivity index (χ2n) is 5.04. The van der Waals surface area contributed by atoms with E-state index in [1.54, 1.807) is 36.4 Å². The average Bonchev–Trinajstić information content (AvgIpc) is 2.64. The van der Waals surface area contributed by atoms with E-state index in [2.05, 4.69) is 20.6 Å². The molecule has 3 rings (SSSR count). The molecule has 0 unspecified atom stereocenters. The zero-order chi connectivity index (χ0) is 17.6. The van der Waals surface area contributed by atoms with Crippen LogP contribution in [0, 0.1) is 17.1 Å². The summed E-state index contributed by atoms with van der Waals surface area (Å²) in [7, 11) is 0. The third-order valence-electron chi connectivity index (χ3n) is 3.31. The van der Waals surface area contributed by atoms with Gasteiger partial charge in [-0.05, 0) is 36.4 Å². The molecule has 1 amide bonds. The van der Waals surface area contributed by atoms with Gasteiger partial charge in [0, 0.05) is 18.1 Å². The van der Waals surface area contributed by atoms with Crippen molar-refractivity contribution in [3.63, 3.8) is 0 Å². The van der Waals surface area contributed by atoms with Crippen molar-refractivity contribution in [2.75, 3.05) is 10.6 Å². The minimum atomic E-state index is -0.420. The second-order valence-corrected chi connectivity index (χ2v) is 5.04. The number of para-hydroxylation sites is 1. The first kappa shape index (κ1) is 16.1. The molecule has 2 aromatic carbocycles. The van der Waals surface area contributed by atoms with Crippen molar-refractivity contribution in [1.29, 1.82) is 5.26 Å². The van der Waals surface area contributed by atoms with Gasteiger partial charge in [0.05, 0.1) is 16.8 Å². The fourth-order valence-electron chi connectivity index (χ4n) is 2.06. The van der Waals surface area contributed by atoms with Crippen molar-refractivity contribution in [2.45, 2.75) is 0 Å². The first-order valence-corrected chi connectivity index (χ1v) is 7.31. The molecule has 0 saturated carbocycles. The van der Waals surface area contributed by atoms with Crippen LogP contribution < -0.4 is 10.6 Å². The number of benzene rings is 2. The molecule has 1 aromatic heterocycles. The number of nitrogens with zero attached hydrogens (tertiary/aromatic N) is 3. The lowest BCUT2D eigenvalue weighted by atomic mass is 10.2. The van der Waals surface area contributed by atoms with Crippen LogP contribution in [0.1, 0.15) is 15.9 Å². The summed E-state index contributed by atoms with van der Waals surface area (Å²) in [5.41, 5.74) is 1.66. The Kier molecular flexibility index (Phi) is 4.62. The van der Waals surface area contributed by atoms with Crippen molar-refractivity contribution < 1.29 is 9.18 Å². The summed E-state index contributed by atoms with van der Waals surface area (Å²) >= 11 is 0. The maximum atomic E-state index is 12.9. The summed E-state index contributed by atoms with van der Waals surface area (Å²) in [6, 6.07) is 14.4. The molecule has 0 spiro atoms. The van der Waals surface area contributed by atoms with E-state index in [9.17, 15) is 9.18 Å². The van der Waals surface area contributed by atoms with Crippen LogP contribution in [-0.4, -0.2) is 15.9 Å². The van der Waals surface area contributed by atoms with Gasteiger partial charge in [-0.25, -0.2) is 14.4 Å². The number of carbonyl (C=O) groups excluding carboxylic acids is 1. The monoisotopic (exact) mass is 333 g/mol. The third kappa shape index (κ3) is 3.95. The molecule has 0 radical (unpaired) electrons. The summed E-state index contributed by atoms with van der Waals surface area (Å²) in [5.74, 6) is -0.479. The molecule has 25 heavy (non-hydrogen) atoms. The predicted molar refractivity (Wildman–Crippen MR) is 90.8 cm³/mol. The minimum absolute atomic E-state index is 0.248. The molecule has 7 heteroatoms. The van der Waals surface area contributed by atoms with E-state index < -0.39 is 5.91 Å². The van der Waals surface area contributed by atoms with Crippen LogP contribution in [0.25, 0.3) is 0 Å². The van der Waals surface area contributed by atoms with Gasteiger partial charge in [0.2, 0.25) is 5.95 Å². The quantitative estimate of drug-likeness (QED) is 0.763. The van der Waals surface area contributed by atoms with Gasteiger partial charge in [-0.3, -0.25) is 4.79 Å². The Morgan fingerprint density at radius 3 is 2.40 bits per heavy atom. The van der Waals surface area contributed by atoms with Crippen molar-refractivity contribution in [3.8, 4) is 6.07 Å². The molecule has 6 nitrogen and oxygen atoms in total. The molecule has 2 N–H and O–H groups in total. The molecular formula is C18H12FN5O. The molecule has 0 fully saturated rings. The molecule has 0 aliphatic heterocycles. The summed E-state index contributed by atoms with van der Waals surface area (Å²) < 4.78 is 12.9. The van der Waals surface area contributed by atoms with Crippen LogP contribution in [0.5, 0.6) is 0 Å². The maximum Gasteiger partial charge on any atom is 0.258 e. The molecule has 0 aliphatic carbocycles. The highest BCUT2D eigenvalue weighted by Crippen LogP contribution is 2.16. The number of amides is 1. The van der Waals surface area contributed by atoms with Gasteiger partial charge in [-0.2, -0.15) is 5.26 Å². The van der Waals surface area contributed by atoms with E-state index in [4.69, 9.17) is 5.26 Å². The molecule has 0 bridgehead atoms. The van der Waals surface area contributed by atoms with Crippen LogP contribution >= 0.6 is 0 Å². The maximum absolute atomic E-state index is 12.9. The second kappa shape index (κ2) is 7.19. The van der Waals surface area contributed by atoms with Crippen LogP contribution in [0.2, 0.25) is 0 Å². The lowest BCUT2D eigenvalue weighted by Gasteiger charge is -2.07. The van der Waals surface area contributed by atoms with Crippen LogP contribution in [0.15, 0.2) is 60.9 Å². The summed E-state index contributed by atoms with van der Waals surface area (Å²) in [4.78, 5) is 20.3. The highest BCUT2D eigenvalue weighted by molar-refractivity contribution is 6.04. The van der Waals surface area contributed by atoms with Gasteiger partial charge in [0.15, 0.2) is 0 Å². The highest BCUT2D eigenvalue weighted by atomic mass is 19.1. The first-order chi connectivity index (χ1) is 12.2. The Labute approximate surface area is 143 Å². The summed E-state index contributed by atoms with van der Waals surface area (Å²) in [5, 5.41) is 14.6. The number of carbonyl (C=O) groups is 1. The van der Waals surface area contributed by atoms with Crippen molar-refractivity contribution in [3.05, 3.63) is 77.9 Å². The molecule has 0 atom stereocenters. The zero-order valence-corrected chi connectivity index (χ0v) is 12.9. The Balaban J connectivity index is 1.70. The number of hydrogen-bond acceptors (Lipinski definition) is 5. The number of anilines is 3. The Hall–Kier alpha value is -3.79. The van der Waals surface area contributed by atoms with Crippen LogP contribution in [0.4, 0.5) is 21.7 Å². The zero-order valence-electron chi connectivity index (χ0n) is 12.9. The lowest BCUT2D eigenvalue weighted by Crippen LogP contribution is -2.14. The van der Waals surface area contributed by atoms with E-state index in [0.717, 1.165) is 0 Å². The number of rotatable bonds is 4. The Morgan fingerprint density at radius 1 is 1.04 bits per heavy atom. The summed E-state index contributed by atoms with van der Waals surface area (Å²) in [6.07, 6.45) is 2.73. The van der Waals surface area contributed by atoms with Crippen molar-refractivity contribution in [2.24, 2.45) is 0 Å². The lowest BCUT2D eigenvalue weighted by molar-refractivity contribution is 0.102. The van der Waals surface area contributed by atoms with E-state index in [1.807, 2.05) is 6.07 Å². The first-order valence-electron chi connectivity index (χ1n) is 7.31. The Morgan fingerprint density at radius 2 is 1.72 bits per heavy atom. The molecule has 122 valence electrons. The van der Waals surface area contributed by atoms with Gasteiger partial charge in [-0.1, -0.05) is 12.1 Å². The van der Waals surface area contributed by atoms with E-state index in [1.165, 1.54) is 24.5 Å². The Bertz CT molecular complexity index is 933. The minimum Gasteiger partial charge on any atom is -0.324 e. The number of nitrogens with one attached hydrogen (secondary N) is 2. The average molecular weight is 333 g/mol.